The molecule has 0 saturated carbocycles. The van der Waals surface area contributed by atoms with Crippen molar-refractivity contribution in [2.24, 2.45) is 0 Å². The second-order valence-corrected chi connectivity index (χ2v) is 9.94. The van der Waals surface area contributed by atoms with E-state index < -0.39 is 16.1 Å². The number of nitrogens with one attached hydrogen (secondary N) is 1. The highest BCUT2D eigenvalue weighted by atomic mass is 32.2. The zero-order valence-electron chi connectivity index (χ0n) is 18.8. The Kier molecular flexibility index (Phi) is 6.85. The summed E-state index contributed by atoms with van der Waals surface area (Å²) in [7, 11) is -0.897. The number of sulfonamides is 1. The Hall–Kier alpha value is -3.10. The fourth-order valence-corrected chi connectivity index (χ4v) is 5.82. The number of carbonyl (C=O) groups excluding carboxylic acids is 1. The van der Waals surface area contributed by atoms with Crippen LogP contribution in [0.4, 0.5) is 0 Å². The minimum atomic E-state index is -3.97. The van der Waals surface area contributed by atoms with E-state index in [9.17, 15) is 13.2 Å². The van der Waals surface area contributed by atoms with Crippen molar-refractivity contribution < 1.29 is 22.7 Å². The lowest BCUT2D eigenvalue weighted by Gasteiger charge is -2.29. The van der Waals surface area contributed by atoms with E-state index in [1.165, 1.54) is 11.4 Å². The zero-order valence-corrected chi connectivity index (χ0v) is 19.6. The average molecular weight is 469 g/mol. The van der Waals surface area contributed by atoms with Crippen LogP contribution in [-0.2, 0) is 21.4 Å². The lowest BCUT2D eigenvalue weighted by molar-refractivity contribution is -0.124. The number of rotatable bonds is 7. The highest BCUT2D eigenvalue weighted by Crippen LogP contribution is 2.31. The number of fused-ring (bicyclic) bond motifs is 1. The van der Waals surface area contributed by atoms with E-state index in [-0.39, 0.29) is 17.3 Å². The molecule has 0 aliphatic carbocycles. The van der Waals surface area contributed by atoms with Crippen LogP contribution in [0.25, 0.3) is 10.8 Å². The number of hydrogen-bond acceptors (Lipinski definition) is 5. The van der Waals surface area contributed by atoms with Gasteiger partial charge in [-0.25, -0.2) is 8.42 Å². The molecule has 33 heavy (non-hydrogen) atoms. The van der Waals surface area contributed by atoms with Crippen molar-refractivity contribution in [3.8, 4) is 11.5 Å². The van der Waals surface area contributed by atoms with E-state index in [0.717, 1.165) is 23.6 Å². The summed E-state index contributed by atoms with van der Waals surface area (Å²) in [6.07, 6.45) is 2.05. The monoisotopic (exact) mass is 468 g/mol. The smallest absolute Gasteiger partial charge is 0.244 e. The number of methoxy groups -OCH3 is 2. The molecule has 1 saturated heterocycles. The summed E-state index contributed by atoms with van der Waals surface area (Å²) < 4.78 is 39.8. The van der Waals surface area contributed by atoms with Gasteiger partial charge < -0.3 is 14.8 Å². The number of nitrogens with zero attached hydrogens (tertiary/aromatic N) is 1. The van der Waals surface area contributed by atoms with Gasteiger partial charge in [0.05, 0.1) is 19.1 Å². The Morgan fingerprint density at radius 2 is 1.70 bits per heavy atom. The largest absolute Gasteiger partial charge is 0.493 e. The summed E-state index contributed by atoms with van der Waals surface area (Å²) in [5.74, 6) is 0.790. The molecule has 0 radical (unpaired) electrons. The Morgan fingerprint density at radius 3 is 2.45 bits per heavy atom. The van der Waals surface area contributed by atoms with Crippen LogP contribution in [0.3, 0.4) is 0 Å². The van der Waals surface area contributed by atoms with Crippen LogP contribution in [0.1, 0.15) is 24.8 Å². The van der Waals surface area contributed by atoms with E-state index >= 15 is 0 Å². The maximum atomic E-state index is 13.9. The van der Waals surface area contributed by atoms with Crippen molar-refractivity contribution in [3.05, 3.63) is 66.2 Å². The minimum Gasteiger partial charge on any atom is -0.493 e. The summed E-state index contributed by atoms with van der Waals surface area (Å²) in [4.78, 5) is 13.1. The number of carbonyl (C=O) groups is 1. The van der Waals surface area contributed by atoms with E-state index in [4.69, 9.17) is 9.47 Å². The fourth-order valence-electron chi connectivity index (χ4n) is 4.18. The van der Waals surface area contributed by atoms with Gasteiger partial charge in [0.1, 0.15) is 6.04 Å². The van der Waals surface area contributed by atoms with E-state index in [2.05, 4.69) is 5.32 Å². The molecule has 1 atom stereocenters. The van der Waals surface area contributed by atoms with Crippen LogP contribution >= 0.6 is 0 Å². The van der Waals surface area contributed by atoms with Crippen LogP contribution in [-0.4, -0.2) is 45.4 Å². The van der Waals surface area contributed by atoms with Crippen molar-refractivity contribution in [3.63, 3.8) is 0 Å². The maximum Gasteiger partial charge on any atom is 0.244 e. The van der Waals surface area contributed by atoms with Gasteiger partial charge in [0, 0.05) is 13.1 Å². The number of ether oxygens (including phenoxy) is 2. The number of hydrogen-bond donors (Lipinski definition) is 1. The lowest BCUT2D eigenvalue weighted by Crippen LogP contribution is -2.48. The zero-order chi connectivity index (χ0) is 23.4. The predicted molar refractivity (Wildman–Crippen MR) is 127 cm³/mol. The van der Waals surface area contributed by atoms with Crippen LogP contribution in [0.2, 0.25) is 0 Å². The number of amides is 1. The Labute approximate surface area is 194 Å². The first-order chi connectivity index (χ1) is 15.9. The van der Waals surface area contributed by atoms with Gasteiger partial charge in [0.25, 0.3) is 0 Å². The molecule has 4 rings (SSSR count). The van der Waals surface area contributed by atoms with Crippen molar-refractivity contribution in [2.45, 2.75) is 36.7 Å². The standard InChI is InChI=1S/C25H28N2O5S/c1-31-23-13-10-18(15-24(23)32-2)17-27(22-9-5-6-14-26-25(22)28)33(29,30)21-12-11-19-7-3-4-8-20(19)16-21/h3-4,7-8,10-13,15-16,22H,5-6,9,14,17H2,1-2H3,(H,26,28). The second-order valence-electron chi connectivity index (χ2n) is 8.05. The van der Waals surface area contributed by atoms with Gasteiger partial charge in [-0.15, -0.1) is 0 Å². The van der Waals surface area contributed by atoms with E-state index in [0.29, 0.717) is 30.0 Å². The van der Waals surface area contributed by atoms with Crippen LogP contribution < -0.4 is 14.8 Å². The molecule has 1 fully saturated rings. The molecule has 3 aromatic rings. The first-order valence-corrected chi connectivity index (χ1v) is 12.4. The summed E-state index contributed by atoms with van der Waals surface area (Å²) in [6.45, 7) is 0.586. The summed E-state index contributed by atoms with van der Waals surface area (Å²) in [5, 5.41) is 4.65. The molecule has 8 heteroatoms. The molecule has 1 aliphatic heterocycles. The van der Waals surface area contributed by atoms with Crippen LogP contribution in [0.5, 0.6) is 11.5 Å². The molecule has 0 spiro atoms. The fraction of sp³-hybridized carbons (Fsp3) is 0.320. The van der Waals surface area contributed by atoms with Gasteiger partial charge >= 0.3 is 0 Å². The van der Waals surface area contributed by atoms with Gasteiger partial charge in [-0.3, -0.25) is 4.79 Å². The molecule has 0 aromatic heterocycles. The summed E-state index contributed by atoms with van der Waals surface area (Å²) >= 11 is 0. The first kappa shape index (κ1) is 23.1. The van der Waals surface area contributed by atoms with Gasteiger partial charge in [-0.1, -0.05) is 36.4 Å². The maximum absolute atomic E-state index is 13.9. The second kappa shape index (κ2) is 9.80. The molecule has 1 aliphatic rings. The van der Waals surface area contributed by atoms with Gasteiger partial charge in [0.15, 0.2) is 11.5 Å². The highest BCUT2D eigenvalue weighted by Gasteiger charge is 2.36. The van der Waals surface area contributed by atoms with Crippen molar-refractivity contribution in [2.75, 3.05) is 20.8 Å². The third-order valence-corrected chi connectivity index (χ3v) is 7.82. The molecule has 0 bridgehead atoms. The summed E-state index contributed by atoms with van der Waals surface area (Å²) in [5.41, 5.74) is 0.703. The van der Waals surface area contributed by atoms with Gasteiger partial charge in [-0.05, 0) is 59.9 Å². The van der Waals surface area contributed by atoms with Crippen molar-refractivity contribution in [1.29, 1.82) is 0 Å². The average Bonchev–Trinajstić information content (AvgIpc) is 3.05. The van der Waals surface area contributed by atoms with Gasteiger partial charge in [-0.2, -0.15) is 4.31 Å². The molecule has 7 nitrogen and oxygen atoms in total. The third-order valence-electron chi connectivity index (χ3n) is 5.97. The minimum absolute atomic E-state index is 0.0353. The molecule has 1 heterocycles. The lowest BCUT2D eigenvalue weighted by atomic mass is 10.1. The molecule has 1 unspecified atom stereocenters. The molecule has 174 valence electrons. The Balaban J connectivity index is 1.78. The first-order valence-electron chi connectivity index (χ1n) is 10.9. The van der Waals surface area contributed by atoms with E-state index in [1.807, 2.05) is 24.3 Å². The Morgan fingerprint density at radius 1 is 0.939 bits per heavy atom. The third kappa shape index (κ3) is 4.82. The Bertz CT molecular complexity index is 1260. The van der Waals surface area contributed by atoms with Crippen molar-refractivity contribution in [1.82, 2.24) is 9.62 Å². The number of benzene rings is 3. The molecule has 1 amide bonds. The highest BCUT2D eigenvalue weighted by molar-refractivity contribution is 7.89. The van der Waals surface area contributed by atoms with E-state index in [1.54, 1.807) is 43.5 Å². The van der Waals surface area contributed by atoms with Crippen molar-refractivity contribution >= 4 is 26.7 Å². The quantitative estimate of drug-likeness (QED) is 0.571. The predicted octanol–water partition coefficient (Wildman–Crippen LogP) is 3.72. The molecular formula is C25H28N2O5S. The molecule has 3 aromatic carbocycles. The van der Waals surface area contributed by atoms with Crippen LogP contribution in [0.15, 0.2) is 65.6 Å². The molecular weight excluding hydrogens is 440 g/mol. The molecule has 1 N–H and O–H groups in total. The normalized spacial score (nSPS) is 16.9. The summed E-state index contributed by atoms with van der Waals surface area (Å²) in [6, 6.07) is 17.2. The topological polar surface area (TPSA) is 84.9 Å². The SMILES string of the molecule is COc1ccc(CN(C2CCCCNC2=O)S(=O)(=O)c2ccc3ccccc3c2)cc1OC. The van der Waals surface area contributed by atoms with Gasteiger partial charge in [0.2, 0.25) is 15.9 Å². The van der Waals surface area contributed by atoms with Crippen LogP contribution in [0, 0.1) is 0 Å².